The summed E-state index contributed by atoms with van der Waals surface area (Å²) in [6.45, 7) is 5.61. The summed E-state index contributed by atoms with van der Waals surface area (Å²) in [5.41, 5.74) is 0. The van der Waals surface area contributed by atoms with Crippen molar-refractivity contribution in [3.63, 3.8) is 0 Å². The maximum absolute atomic E-state index is 11.8. The molecule has 1 aliphatic carbocycles. The predicted octanol–water partition coefficient (Wildman–Crippen LogP) is 1.98. The molecule has 2 rings (SSSR count). The summed E-state index contributed by atoms with van der Waals surface area (Å²) in [6.07, 6.45) is 7.52. The van der Waals surface area contributed by atoms with Gasteiger partial charge < -0.3 is 20.3 Å². The summed E-state index contributed by atoms with van der Waals surface area (Å²) in [5, 5.41) is 5.96. The largest absolute Gasteiger partial charge is 0.376 e. The number of carbonyl (C=O) groups is 1. The molecule has 0 radical (unpaired) electrons. The number of amides is 2. The Bertz CT molecular complexity index is 317. The van der Waals surface area contributed by atoms with E-state index < -0.39 is 0 Å². The van der Waals surface area contributed by atoms with Crippen LogP contribution < -0.4 is 10.6 Å². The minimum Gasteiger partial charge on any atom is -0.376 e. The van der Waals surface area contributed by atoms with Gasteiger partial charge in [0.15, 0.2) is 0 Å². The molecule has 2 N–H and O–H groups in total. The Hall–Kier alpha value is -0.810. The normalized spacial score (nSPS) is 28.3. The monoisotopic (exact) mass is 297 g/mol. The number of nitrogens with one attached hydrogen (secondary N) is 2. The predicted molar refractivity (Wildman–Crippen MR) is 84.4 cm³/mol. The highest BCUT2D eigenvalue weighted by atomic mass is 16.5. The highest BCUT2D eigenvalue weighted by Crippen LogP contribution is 2.25. The van der Waals surface area contributed by atoms with Gasteiger partial charge in [0, 0.05) is 12.6 Å². The van der Waals surface area contributed by atoms with Crippen LogP contribution >= 0.6 is 0 Å². The lowest BCUT2D eigenvalue weighted by molar-refractivity contribution is -0.00246. The molecular formula is C16H31N3O2. The van der Waals surface area contributed by atoms with Gasteiger partial charge in [-0.05, 0) is 51.7 Å². The van der Waals surface area contributed by atoms with Crippen LogP contribution in [0.5, 0.6) is 0 Å². The smallest absolute Gasteiger partial charge is 0.315 e. The molecule has 5 nitrogen and oxygen atoms in total. The number of likely N-dealkylation sites (tertiary alicyclic amines) is 1. The highest BCUT2D eigenvalue weighted by Gasteiger charge is 2.21. The van der Waals surface area contributed by atoms with E-state index in [1.54, 1.807) is 0 Å². The second-order valence-corrected chi connectivity index (χ2v) is 6.65. The first-order valence-electron chi connectivity index (χ1n) is 8.49. The Morgan fingerprint density at radius 3 is 2.62 bits per heavy atom. The molecule has 0 bridgehead atoms. The molecule has 1 saturated carbocycles. The van der Waals surface area contributed by atoms with Crippen LogP contribution in [0.2, 0.25) is 0 Å². The van der Waals surface area contributed by atoms with Crippen LogP contribution in [0, 0.1) is 5.92 Å². The molecular weight excluding hydrogens is 266 g/mol. The Labute approximate surface area is 128 Å². The molecule has 2 atom stereocenters. The van der Waals surface area contributed by atoms with Gasteiger partial charge in [-0.3, -0.25) is 0 Å². The van der Waals surface area contributed by atoms with E-state index in [4.69, 9.17) is 4.74 Å². The minimum atomic E-state index is -0.0511. The van der Waals surface area contributed by atoms with Crippen LogP contribution in [-0.2, 0) is 4.74 Å². The molecule has 21 heavy (non-hydrogen) atoms. The van der Waals surface area contributed by atoms with Crippen LogP contribution in [0.25, 0.3) is 0 Å². The third kappa shape index (κ3) is 5.83. The second-order valence-electron chi connectivity index (χ2n) is 6.65. The summed E-state index contributed by atoms with van der Waals surface area (Å²) in [5.74, 6) is 0.659. The molecule has 2 amide bonds. The van der Waals surface area contributed by atoms with Crippen molar-refractivity contribution in [1.82, 2.24) is 15.5 Å². The van der Waals surface area contributed by atoms with E-state index in [0.29, 0.717) is 31.2 Å². The Morgan fingerprint density at radius 1 is 1.19 bits per heavy atom. The van der Waals surface area contributed by atoms with Gasteiger partial charge in [-0.2, -0.15) is 0 Å². The lowest BCUT2D eigenvalue weighted by Crippen LogP contribution is -2.47. The van der Waals surface area contributed by atoms with Gasteiger partial charge in [-0.25, -0.2) is 4.79 Å². The van der Waals surface area contributed by atoms with Crippen molar-refractivity contribution in [2.75, 3.05) is 33.3 Å². The molecule has 5 heteroatoms. The van der Waals surface area contributed by atoms with Crippen LogP contribution in [0.1, 0.15) is 45.4 Å². The fourth-order valence-electron chi connectivity index (χ4n) is 3.29. The summed E-state index contributed by atoms with van der Waals surface area (Å²) < 4.78 is 5.90. The maximum atomic E-state index is 11.8. The van der Waals surface area contributed by atoms with E-state index in [9.17, 15) is 4.79 Å². The zero-order valence-electron chi connectivity index (χ0n) is 13.6. The van der Waals surface area contributed by atoms with E-state index in [-0.39, 0.29) is 6.03 Å². The molecule has 1 heterocycles. The van der Waals surface area contributed by atoms with Gasteiger partial charge in [0.1, 0.15) is 0 Å². The number of ether oxygens (including phenoxy) is 1. The Morgan fingerprint density at radius 2 is 1.90 bits per heavy atom. The molecule has 1 saturated heterocycles. The van der Waals surface area contributed by atoms with Gasteiger partial charge in [0.2, 0.25) is 0 Å². The quantitative estimate of drug-likeness (QED) is 0.763. The lowest BCUT2D eigenvalue weighted by Gasteiger charge is -2.30. The fourth-order valence-corrected chi connectivity index (χ4v) is 3.29. The van der Waals surface area contributed by atoms with E-state index >= 15 is 0 Å². The maximum Gasteiger partial charge on any atom is 0.315 e. The third-order valence-electron chi connectivity index (χ3n) is 4.81. The van der Waals surface area contributed by atoms with Crippen molar-refractivity contribution < 1.29 is 9.53 Å². The molecule has 0 spiro atoms. The molecule has 2 fully saturated rings. The first-order chi connectivity index (χ1) is 10.1. The summed E-state index contributed by atoms with van der Waals surface area (Å²) in [6, 6.07) is 0.269. The zero-order chi connectivity index (χ0) is 15.1. The second kappa shape index (κ2) is 8.59. The molecule has 122 valence electrons. The number of piperidine rings is 1. The molecule has 2 aliphatic rings. The van der Waals surface area contributed by atoms with Crippen LogP contribution in [0.15, 0.2) is 0 Å². The number of hydrogen-bond acceptors (Lipinski definition) is 3. The van der Waals surface area contributed by atoms with E-state index in [0.717, 1.165) is 25.9 Å². The molecule has 1 aliphatic heterocycles. The van der Waals surface area contributed by atoms with E-state index in [1.165, 1.54) is 25.7 Å². The first-order valence-corrected chi connectivity index (χ1v) is 8.49. The number of nitrogens with zero attached hydrogens (tertiary/aromatic N) is 1. The number of urea groups is 1. The lowest BCUT2D eigenvalue weighted by atomic mass is 9.88. The summed E-state index contributed by atoms with van der Waals surface area (Å²) in [4.78, 5) is 14.1. The van der Waals surface area contributed by atoms with Gasteiger partial charge in [0.25, 0.3) is 0 Å². The molecule has 0 aromatic heterocycles. The highest BCUT2D eigenvalue weighted by molar-refractivity contribution is 5.74. The SMILES string of the molecule is CC1CCCCC1OCCNC(=O)NC1CCN(C)CC1. The molecule has 0 aromatic carbocycles. The van der Waals surface area contributed by atoms with Gasteiger partial charge in [0.05, 0.1) is 12.7 Å². The standard InChI is InChI=1S/C16H31N3O2/c1-13-5-3-4-6-15(13)21-12-9-17-16(20)18-14-7-10-19(2)11-8-14/h13-15H,3-12H2,1-2H3,(H2,17,18,20). The Kier molecular flexibility index (Phi) is 6.77. The number of hydrogen-bond donors (Lipinski definition) is 2. The fraction of sp³-hybridized carbons (Fsp3) is 0.938. The topological polar surface area (TPSA) is 53.6 Å². The summed E-state index contributed by atoms with van der Waals surface area (Å²) in [7, 11) is 2.12. The van der Waals surface area contributed by atoms with Crippen molar-refractivity contribution in [3.8, 4) is 0 Å². The minimum absolute atomic E-state index is 0.0511. The van der Waals surface area contributed by atoms with Crippen molar-refractivity contribution in [2.45, 2.75) is 57.6 Å². The zero-order valence-corrected chi connectivity index (χ0v) is 13.6. The average molecular weight is 297 g/mol. The summed E-state index contributed by atoms with van der Waals surface area (Å²) >= 11 is 0. The van der Waals surface area contributed by atoms with E-state index in [1.807, 2.05) is 0 Å². The number of rotatable bonds is 5. The third-order valence-corrected chi connectivity index (χ3v) is 4.81. The van der Waals surface area contributed by atoms with Gasteiger partial charge in [-0.15, -0.1) is 0 Å². The van der Waals surface area contributed by atoms with E-state index in [2.05, 4.69) is 29.5 Å². The van der Waals surface area contributed by atoms with Crippen LogP contribution in [0.3, 0.4) is 0 Å². The first kappa shape index (κ1) is 16.6. The van der Waals surface area contributed by atoms with Gasteiger partial charge >= 0.3 is 6.03 Å². The van der Waals surface area contributed by atoms with Gasteiger partial charge in [-0.1, -0.05) is 19.8 Å². The van der Waals surface area contributed by atoms with Crippen molar-refractivity contribution >= 4 is 6.03 Å². The Balaban J connectivity index is 1.53. The van der Waals surface area contributed by atoms with Crippen LogP contribution in [-0.4, -0.2) is 56.4 Å². The molecule has 0 aromatic rings. The van der Waals surface area contributed by atoms with Crippen molar-refractivity contribution in [2.24, 2.45) is 5.92 Å². The van der Waals surface area contributed by atoms with Crippen molar-refractivity contribution in [3.05, 3.63) is 0 Å². The number of carbonyl (C=O) groups excluding carboxylic acids is 1. The van der Waals surface area contributed by atoms with Crippen LogP contribution in [0.4, 0.5) is 4.79 Å². The average Bonchev–Trinajstić information content (AvgIpc) is 2.48. The van der Waals surface area contributed by atoms with Crippen molar-refractivity contribution in [1.29, 1.82) is 0 Å². The molecule has 2 unspecified atom stereocenters.